The highest BCUT2D eigenvalue weighted by molar-refractivity contribution is 9.10. The fourth-order valence-corrected chi connectivity index (χ4v) is 3.20. The average Bonchev–Trinajstić information content (AvgIpc) is 2.26. The normalized spacial score (nSPS) is 26.2. The van der Waals surface area contributed by atoms with Gasteiger partial charge in [0.1, 0.15) is 0 Å². The minimum Gasteiger partial charge on any atom is -0.372 e. The smallest absolute Gasteiger partial charge is 0.0726 e. The summed E-state index contributed by atoms with van der Waals surface area (Å²) >= 11 is 3.61. The number of hydrogen-bond donors (Lipinski definition) is 1. The molecule has 0 spiro atoms. The molecule has 18 heavy (non-hydrogen) atoms. The number of halogens is 1. The molecular formula is C14H21BrN2O. The SMILES string of the molecule is CC1CN(c2ccc([C@@H](C)N)c(Br)c2)CC(C)O1. The van der Waals surface area contributed by atoms with Crippen LogP contribution in [0, 0.1) is 0 Å². The lowest BCUT2D eigenvalue weighted by atomic mass is 10.1. The third kappa shape index (κ3) is 3.05. The molecule has 3 nitrogen and oxygen atoms in total. The van der Waals surface area contributed by atoms with Gasteiger partial charge in [0.15, 0.2) is 0 Å². The van der Waals surface area contributed by atoms with E-state index < -0.39 is 0 Å². The van der Waals surface area contributed by atoms with Crippen molar-refractivity contribution in [3.05, 3.63) is 28.2 Å². The molecule has 2 N–H and O–H groups in total. The van der Waals surface area contributed by atoms with E-state index in [1.54, 1.807) is 0 Å². The fourth-order valence-electron chi connectivity index (χ4n) is 2.47. The molecule has 2 unspecified atom stereocenters. The van der Waals surface area contributed by atoms with Gasteiger partial charge in [-0.2, -0.15) is 0 Å². The molecule has 100 valence electrons. The predicted molar refractivity (Wildman–Crippen MR) is 79.0 cm³/mol. The summed E-state index contributed by atoms with van der Waals surface area (Å²) in [4.78, 5) is 2.37. The fraction of sp³-hybridized carbons (Fsp3) is 0.571. The summed E-state index contributed by atoms with van der Waals surface area (Å²) in [5, 5.41) is 0. The summed E-state index contributed by atoms with van der Waals surface area (Å²) in [5.74, 6) is 0. The van der Waals surface area contributed by atoms with E-state index in [-0.39, 0.29) is 18.2 Å². The van der Waals surface area contributed by atoms with Gasteiger partial charge in [0.25, 0.3) is 0 Å². The minimum atomic E-state index is 0.0518. The summed E-state index contributed by atoms with van der Waals surface area (Å²) in [6.07, 6.45) is 0.557. The van der Waals surface area contributed by atoms with Crippen molar-refractivity contribution in [3.63, 3.8) is 0 Å². The van der Waals surface area contributed by atoms with Crippen molar-refractivity contribution in [2.75, 3.05) is 18.0 Å². The van der Waals surface area contributed by atoms with Crippen LogP contribution in [0.4, 0.5) is 5.69 Å². The molecular weight excluding hydrogens is 292 g/mol. The van der Waals surface area contributed by atoms with Crippen molar-refractivity contribution in [1.29, 1.82) is 0 Å². The van der Waals surface area contributed by atoms with E-state index >= 15 is 0 Å². The standard InChI is InChI=1S/C14H21BrN2O/c1-9-7-17(8-10(2)18-9)12-4-5-13(11(3)16)14(15)6-12/h4-6,9-11H,7-8,16H2,1-3H3/t9?,10?,11-/m1/s1. The Bertz CT molecular complexity index is 412. The maximum atomic E-state index is 5.92. The second kappa shape index (κ2) is 5.59. The Hall–Kier alpha value is -0.580. The van der Waals surface area contributed by atoms with Crippen LogP contribution < -0.4 is 10.6 Å². The summed E-state index contributed by atoms with van der Waals surface area (Å²) in [6.45, 7) is 8.11. The first-order valence-electron chi connectivity index (χ1n) is 6.43. The Balaban J connectivity index is 2.21. The van der Waals surface area contributed by atoms with Gasteiger partial charge in [-0.1, -0.05) is 22.0 Å². The van der Waals surface area contributed by atoms with E-state index in [0.717, 1.165) is 23.1 Å². The number of nitrogens with zero attached hydrogens (tertiary/aromatic N) is 1. The van der Waals surface area contributed by atoms with E-state index in [9.17, 15) is 0 Å². The number of morpholine rings is 1. The Morgan fingerprint density at radius 1 is 1.33 bits per heavy atom. The molecule has 4 heteroatoms. The highest BCUT2D eigenvalue weighted by Gasteiger charge is 2.22. The molecule has 0 aliphatic carbocycles. The Morgan fingerprint density at radius 2 is 1.94 bits per heavy atom. The molecule has 0 saturated carbocycles. The van der Waals surface area contributed by atoms with Gasteiger partial charge in [-0.25, -0.2) is 0 Å². The van der Waals surface area contributed by atoms with Crippen LogP contribution in [-0.2, 0) is 4.74 Å². The summed E-state index contributed by atoms with van der Waals surface area (Å²) in [6, 6.07) is 6.46. The number of benzene rings is 1. The molecule has 1 aliphatic rings. The zero-order valence-corrected chi connectivity index (χ0v) is 12.8. The molecule has 1 aromatic carbocycles. The maximum absolute atomic E-state index is 5.92. The second-order valence-electron chi connectivity index (χ2n) is 5.16. The lowest BCUT2D eigenvalue weighted by Crippen LogP contribution is -2.45. The van der Waals surface area contributed by atoms with Crippen molar-refractivity contribution >= 4 is 21.6 Å². The molecule has 2 rings (SSSR count). The first kappa shape index (κ1) is 13.8. The van der Waals surface area contributed by atoms with Gasteiger partial charge in [0, 0.05) is 29.3 Å². The highest BCUT2D eigenvalue weighted by Crippen LogP contribution is 2.29. The number of nitrogens with two attached hydrogens (primary N) is 1. The molecule has 1 fully saturated rings. The lowest BCUT2D eigenvalue weighted by Gasteiger charge is -2.37. The van der Waals surface area contributed by atoms with Crippen molar-refractivity contribution in [2.45, 2.75) is 39.0 Å². The van der Waals surface area contributed by atoms with Crippen LogP contribution >= 0.6 is 15.9 Å². The first-order valence-corrected chi connectivity index (χ1v) is 7.22. The van der Waals surface area contributed by atoms with Crippen molar-refractivity contribution in [1.82, 2.24) is 0 Å². The molecule has 0 aromatic heterocycles. The van der Waals surface area contributed by atoms with Gasteiger partial charge in [-0.05, 0) is 38.5 Å². The minimum absolute atomic E-state index is 0.0518. The van der Waals surface area contributed by atoms with Crippen LogP contribution in [-0.4, -0.2) is 25.3 Å². The zero-order chi connectivity index (χ0) is 13.3. The number of anilines is 1. The Labute approximate surface area is 117 Å². The zero-order valence-electron chi connectivity index (χ0n) is 11.2. The van der Waals surface area contributed by atoms with Crippen LogP contribution in [0.1, 0.15) is 32.4 Å². The van der Waals surface area contributed by atoms with Crippen LogP contribution in [0.3, 0.4) is 0 Å². The number of hydrogen-bond acceptors (Lipinski definition) is 3. The third-order valence-corrected chi connectivity index (χ3v) is 3.95. The van der Waals surface area contributed by atoms with E-state index in [0.29, 0.717) is 0 Å². The van der Waals surface area contributed by atoms with Crippen LogP contribution in [0.25, 0.3) is 0 Å². The summed E-state index contributed by atoms with van der Waals surface area (Å²) in [5.41, 5.74) is 8.30. The van der Waals surface area contributed by atoms with Crippen LogP contribution in [0.5, 0.6) is 0 Å². The Morgan fingerprint density at radius 3 is 2.44 bits per heavy atom. The monoisotopic (exact) mass is 312 g/mol. The highest BCUT2D eigenvalue weighted by atomic mass is 79.9. The second-order valence-corrected chi connectivity index (χ2v) is 6.01. The predicted octanol–water partition coefficient (Wildman–Crippen LogP) is 3.08. The van der Waals surface area contributed by atoms with E-state index in [4.69, 9.17) is 10.5 Å². The summed E-state index contributed by atoms with van der Waals surface area (Å²) < 4.78 is 6.84. The van der Waals surface area contributed by atoms with E-state index in [2.05, 4.69) is 52.9 Å². The molecule has 1 saturated heterocycles. The van der Waals surface area contributed by atoms with Crippen LogP contribution in [0.15, 0.2) is 22.7 Å². The number of rotatable bonds is 2. The first-order chi connectivity index (χ1) is 8.47. The van der Waals surface area contributed by atoms with Gasteiger partial charge < -0.3 is 15.4 Å². The molecule has 1 aromatic rings. The van der Waals surface area contributed by atoms with Crippen molar-refractivity contribution < 1.29 is 4.74 Å². The average molecular weight is 313 g/mol. The molecule has 0 amide bonds. The third-order valence-electron chi connectivity index (χ3n) is 3.26. The van der Waals surface area contributed by atoms with Crippen LogP contribution in [0.2, 0.25) is 0 Å². The molecule has 3 atom stereocenters. The van der Waals surface area contributed by atoms with Gasteiger partial charge in [0.05, 0.1) is 12.2 Å². The van der Waals surface area contributed by atoms with Gasteiger partial charge in [0.2, 0.25) is 0 Å². The largest absolute Gasteiger partial charge is 0.372 e. The van der Waals surface area contributed by atoms with Gasteiger partial charge in [-0.15, -0.1) is 0 Å². The topological polar surface area (TPSA) is 38.5 Å². The molecule has 1 aliphatic heterocycles. The maximum Gasteiger partial charge on any atom is 0.0726 e. The molecule has 0 radical (unpaired) electrons. The quantitative estimate of drug-likeness (QED) is 0.912. The van der Waals surface area contributed by atoms with E-state index in [1.807, 2.05) is 6.92 Å². The van der Waals surface area contributed by atoms with Gasteiger partial charge >= 0.3 is 0 Å². The lowest BCUT2D eigenvalue weighted by molar-refractivity contribution is -0.00522. The molecule has 1 heterocycles. The summed E-state index contributed by atoms with van der Waals surface area (Å²) in [7, 11) is 0. The van der Waals surface area contributed by atoms with Gasteiger partial charge in [-0.3, -0.25) is 0 Å². The Kier molecular flexibility index (Phi) is 4.30. The molecule has 0 bridgehead atoms. The van der Waals surface area contributed by atoms with E-state index in [1.165, 1.54) is 5.69 Å². The van der Waals surface area contributed by atoms with Crippen molar-refractivity contribution in [2.24, 2.45) is 5.73 Å². The van der Waals surface area contributed by atoms with Crippen molar-refractivity contribution in [3.8, 4) is 0 Å². The number of ether oxygens (including phenoxy) is 1.